The highest BCUT2D eigenvalue weighted by atomic mass is 16.7. The molecule has 8 nitrogen and oxygen atoms in total. The maximum absolute atomic E-state index is 13.2. The highest BCUT2D eigenvalue weighted by Crippen LogP contribution is 2.71. The lowest BCUT2D eigenvalue weighted by molar-refractivity contribution is -0.315. The van der Waals surface area contributed by atoms with E-state index in [-0.39, 0.29) is 22.9 Å². The van der Waals surface area contributed by atoms with Crippen LogP contribution in [0.2, 0.25) is 0 Å². The zero-order chi connectivity index (χ0) is 30.2. The molecule has 45 heavy (non-hydrogen) atoms. The number of likely N-dealkylation sites (N-methyl/N-ethyl adjacent to an activating group) is 2. The third-order valence-corrected chi connectivity index (χ3v) is 14.5. The van der Waals surface area contributed by atoms with Gasteiger partial charge in [0, 0.05) is 40.0 Å². The maximum atomic E-state index is 13.2. The number of rotatable bonds is 2. The molecule has 2 aromatic rings. The second kappa shape index (κ2) is 8.12. The summed E-state index contributed by atoms with van der Waals surface area (Å²) < 4.78 is 33.1. The van der Waals surface area contributed by atoms with E-state index < -0.39 is 11.9 Å². The SMILES string of the molecule is COc1ccc2c3c1O[C@H]1C4=C(C[C@H]5C[C@H]6[C@H]7Cc8ccc(OC)c9c8[C@@]6(CCN7C)[C@@H](O9)[C@]5(O)O4)C[C@H]4[C@@H](C2)N(C)CC[C@]314. The van der Waals surface area contributed by atoms with Gasteiger partial charge in [-0.25, -0.2) is 0 Å². The van der Waals surface area contributed by atoms with Crippen molar-refractivity contribution < 1.29 is 28.8 Å². The standard InChI is InChI=1S/C37H42N2O6/c1-38-11-9-35-22-14-20-13-21-17-23-25-16-19-6-8-27(42-4)32-29(19)36(23,10-12-39(25)2)34(44-32)37(21,40)45-30(20)33(35)43-31-26(41-3)7-5-18(28(31)35)15-24(22)38/h5-8,21-25,33-34,40H,9-17H2,1-4H3/t21-,22-,23-,24+,25+,33-,34+,35-,36-,37+/m0/s1. The molecule has 2 aromatic carbocycles. The number of methoxy groups -OCH3 is 2. The summed E-state index contributed by atoms with van der Waals surface area (Å²) in [6, 6.07) is 9.52. The molecule has 0 radical (unpaired) electrons. The van der Waals surface area contributed by atoms with Crippen LogP contribution < -0.4 is 18.9 Å². The van der Waals surface area contributed by atoms with Crippen molar-refractivity contribution in [1.82, 2.24) is 9.80 Å². The van der Waals surface area contributed by atoms with Crippen LogP contribution in [0.1, 0.15) is 54.4 Å². The quantitative estimate of drug-likeness (QED) is 0.549. The number of ether oxygens (including phenoxy) is 5. The number of hydrogen-bond acceptors (Lipinski definition) is 8. The van der Waals surface area contributed by atoms with Crippen LogP contribution in [-0.4, -0.2) is 86.4 Å². The van der Waals surface area contributed by atoms with Crippen LogP contribution in [0.4, 0.5) is 0 Å². The predicted molar refractivity (Wildman–Crippen MR) is 165 cm³/mol. The highest BCUT2D eigenvalue weighted by molar-refractivity contribution is 5.64. The number of benzene rings is 2. The molecule has 8 heteroatoms. The van der Waals surface area contributed by atoms with Gasteiger partial charge in [-0.3, -0.25) is 0 Å². The number of allylic oxidation sites excluding steroid dienone is 1. The van der Waals surface area contributed by atoms with Gasteiger partial charge in [0.2, 0.25) is 5.79 Å². The first kappa shape index (κ1) is 26.2. The van der Waals surface area contributed by atoms with E-state index in [4.69, 9.17) is 23.7 Å². The number of piperidine rings is 2. The third kappa shape index (κ3) is 2.71. The predicted octanol–water partition coefficient (Wildman–Crippen LogP) is 3.94. The van der Waals surface area contributed by atoms with E-state index in [1.807, 2.05) is 0 Å². The fourth-order valence-electron chi connectivity index (χ4n) is 12.7. The van der Waals surface area contributed by atoms with Gasteiger partial charge in [-0.15, -0.1) is 0 Å². The molecule has 4 bridgehead atoms. The Labute approximate surface area is 264 Å². The van der Waals surface area contributed by atoms with Crippen molar-refractivity contribution in [2.45, 2.75) is 85.9 Å². The van der Waals surface area contributed by atoms with Gasteiger partial charge < -0.3 is 38.6 Å². The summed E-state index contributed by atoms with van der Waals surface area (Å²) in [5.74, 6) is 3.51. The second-order valence-electron chi connectivity index (χ2n) is 15.7. The lowest BCUT2D eigenvalue weighted by Crippen LogP contribution is -2.74. The molecule has 2 spiro atoms. The smallest absolute Gasteiger partial charge is 0.249 e. The molecule has 4 aliphatic carbocycles. The summed E-state index contributed by atoms with van der Waals surface area (Å²) in [5, 5.41) is 13.2. The third-order valence-electron chi connectivity index (χ3n) is 14.5. The largest absolute Gasteiger partial charge is 0.493 e. The number of hydrogen-bond donors (Lipinski definition) is 1. The minimum absolute atomic E-state index is 0.0423. The Kier molecular flexibility index (Phi) is 4.72. The van der Waals surface area contributed by atoms with Crippen molar-refractivity contribution in [2.75, 3.05) is 41.4 Å². The molecule has 1 saturated carbocycles. The van der Waals surface area contributed by atoms with E-state index in [0.29, 0.717) is 23.9 Å². The summed E-state index contributed by atoms with van der Waals surface area (Å²) >= 11 is 0. The fourth-order valence-corrected chi connectivity index (χ4v) is 12.7. The first-order valence-electron chi connectivity index (χ1n) is 17.1. The summed E-state index contributed by atoms with van der Waals surface area (Å²) in [6.07, 6.45) is 6.01. The molecule has 9 aliphatic rings. The Balaban J connectivity index is 1.08. The molecule has 10 atom stereocenters. The molecule has 0 aromatic heterocycles. The normalized spacial score (nSPS) is 44.1. The molecular weight excluding hydrogens is 568 g/mol. The number of fused-ring (bicyclic) bond motifs is 3. The van der Waals surface area contributed by atoms with Crippen LogP contribution in [0.15, 0.2) is 35.6 Å². The van der Waals surface area contributed by atoms with Gasteiger partial charge in [0.1, 0.15) is 5.76 Å². The second-order valence-corrected chi connectivity index (χ2v) is 15.7. The Morgan fingerprint density at radius 1 is 0.778 bits per heavy atom. The minimum atomic E-state index is -1.46. The van der Waals surface area contributed by atoms with Crippen LogP contribution in [0.5, 0.6) is 23.0 Å². The monoisotopic (exact) mass is 610 g/mol. The van der Waals surface area contributed by atoms with Crippen molar-refractivity contribution in [1.29, 1.82) is 0 Å². The van der Waals surface area contributed by atoms with Gasteiger partial charge in [0.15, 0.2) is 35.2 Å². The molecular formula is C37H42N2O6. The van der Waals surface area contributed by atoms with Crippen molar-refractivity contribution in [3.8, 4) is 23.0 Å². The highest BCUT2D eigenvalue weighted by Gasteiger charge is 2.75. The van der Waals surface area contributed by atoms with E-state index in [9.17, 15) is 5.11 Å². The van der Waals surface area contributed by atoms with Gasteiger partial charge >= 0.3 is 0 Å². The molecule has 2 saturated heterocycles. The molecule has 3 fully saturated rings. The van der Waals surface area contributed by atoms with Gasteiger partial charge in [-0.2, -0.15) is 0 Å². The van der Waals surface area contributed by atoms with Crippen molar-refractivity contribution in [3.63, 3.8) is 0 Å². The molecule has 1 N–H and O–H groups in total. The summed E-state index contributed by atoms with van der Waals surface area (Å²) in [6.45, 7) is 2.01. The summed E-state index contributed by atoms with van der Waals surface area (Å²) in [4.78, 5) is 5.15. The summed E-state index contributed by atoms with van der Waals surface area (Å²) in [7, 11) is 8.04. The molecule has 236 valence electrons. The van der Waals surface area contributed by atoms with Crippen LogP contribution in [-0.2, 0) is 28.4 Å². The van der Waals surface area contributed by atoms with Gasteiger partial charge in [-0.1, -0.05) is 12.1 Å². The molecule has 0 amide bonds. The van der Waals surface area contributed by atoms with Crippen molar-refractivity contribution in [3.05, 3.63) is 57.9 Å². The van der Waals surface area contributed by atoms with Crippen molar-refractivity contribution >= 4 is 0 Å². The van der Waals surface area contributed by atoms with Gasteiger partial charge in [0.25, 0.3) is 0 Å². The Morgan fingerprint density at radius 3 is 2.09 bits per heavy atom. The zero-order valence-corrected chi connectivity index (χ0v) is 26.6. The zero-order valence-electron chi connectivity index (χ0n) is 26.6. The Bertz CT molecular complexity index is 1740. The molecule has 11 rings (SSSR count). The van der Waals surface area contributed by atoms with Gasteiger partial charge in [0.05, 0.1) is 14.2 Å². The van der Waals surface area contributed by atoms with E-state index in [2.05, 4.69) is 48.2 Å². The van der Waals surface area contributed by atoms with Crippen LogP contribution in [0.3, 0.4) is 0 Å². The molecule has 5 aliphatic heterocycles. The van der Waals surface area contributed by atoms with Crippen molar-refractivity contribution in [2.24, 2.45) is 17.8 Å². The van der Waals surface area contributed by atoms with E-state index in [1.165, 1.54) is 27.8 Å². The lowest BCUT2D eigenvalue weighted by atomic mass is 9.47. The van der Waals surface area contributed by atoms with E-state index in [1.54, 1.807) is 14.2 Å². The van der Waals surface area contributed by atoms with Gasteiger partial charge in [-0.05, 0) is 113 Å². The van der Waals surface area contributed by atoms with E-state index in [0.717, 1.165) is 86.8 Å². The number of aliphatic hydroxyl groups is 1. The minimum Gasteiger partial charge on any atom is -0.493 e. The summed E-state index contributed by atoms with van der Waals surface area (Å²) in [5.41, 5.74) is 6.22. The average molecular weight is 611 g/mol. The first-order chi connectivity index (χ1) is 21.8. The number of nitrogens with zero attached hydrogens (tertiary/aromatic N) is 2. The first-order valence-corrected chi connectivity index (χ1v) is 17.1. The molecule has 5 heterocycles. The van der Waals surface area contributed by atoms with Crippen LogP contribution in [0.25, 0.3) is 0 Å². The number of likely N-dealkylation sites (tertiary alicyclic amines) is 2. The molecule has 0 unspecified atom stereocenters. The Hall–Kier alpha value is -2.94. The van der Waals surface area contributed by atoms with E-state index >= 15 is 0 Å². The van der Waals surface area contributed by atoms with Crippen LogP contribution >= 0.6 is 0 Å². The average Bonchev–Trinajstić information content (AvgIpc) is 3.58. The Morgan fingerprint density at radius 2 is 1.40 bits per heavy atom. The lowest BCUT2D eigenvalue weighted by Gasteiger charge is -2.64. The fraction of sp³-hybridized carbons (Fsp3) is 0.622. The van der Waals surface area contributed by atoms with Crippen LogP contribution in [0, 0.1) is 17.8 Å². The maximum Gasteiger partial charge on any atom is 0.249 e. The topological polar surface area (TPSA) is 72.9 Å².